The van der Waals surface area contributed by atoms with Gasteiger partial charge in [0.2, 0.25) is 0 Å². The maximum absolute atomic E-state index is 10.2. The second-order valence-electron chi connectivity index (χ2n) is 23.9. The lowest BCUT2D eigenvalue weighted by atomic mass is 9.67. The van der Waals surface area contributed by atoms with Crippen molar-refractivity contribution in [3.8, 4) is 0 Å². The summed E-state index contributed by atoms with van der Waals surface area (Å²) in [5.41, 5.74) is 2.01. The molecule has 1 fully saturated rings. The molecule has 0 bridgehead atoms. The van der Waals surface area contributed by atoms with Gasteiger partial charge in [0.15, 0.2) is 0 Å². The van der Waals surface area contributed by atoms with E-state index < -0.39 is 11.7 Å². The predicted molar refractivity (Wildman–Crippen MR) is 213 cm³/mol. The summed E-state index contributed by atoms with van der Waals surface area (Å²) in [5.74, 6) is 0.808. The zero-order chi connectivity index (χ0) is 39.4. The zero-order valence-electron chi connectivity index (χ0n) is 37.8. The normalized spacial score (nSPS) is 22.7. The Labute approximate surface area is 298 Å². The standard InChI is InChI=1S/C11H24O2.C11H22O.C11H24.C11H22/c1-9(2,3)8(12)11(7,13)10(4,5)6;1-9(2,3)8-11(7,12-8)10(4,5)6;2*1-9(11(5,6)7)8-10(2,3)4/h8,12-13H,1-7H3;8H,1-7H3;9H,8H2,1-7H3;8H,1-7H3. The Morgan fingerprint density at radius 2 is 1.04 bits per heavy atom. The molecule has 286 valence electrons. The third-order valence-corrected chi connectivity index (χ3v) is 10.2. The molecule has 1 rings (SSSR count). The molecular formula is C44H92O3. The van der Waals surface area contributed by atoms with Gasteiger partial charge in [0, 0.05) is 0 Å². The van der Waals surface area contributed by atoms with Crippen LogP contribution < -0.4 is 0 Å². The molecule has 1 saturated heterocycles. The van der Waals surface area contributed by atoms with Crippen molar-refractivity contribution >= 4 is 0 Å². The van der Waals surface area contributed by atoms with E-state index in [4.69, 9.17) is 4.74 Å². The van der Waals surface area contributed by atoms with Crippen LogP contribution in [-0.2, 0) is 4.74 Å². The Morgan fingerprint density at radius 3 is 1.13 bits per heavy atom. The maximum Gasteiger partial charge on any atom is 0.0973 e. The largest absolute Gasteiger partial charge is 0.390 e. The van der Waals surface area contributed by atoms with Gasteiger partial charge in [0.1, 0.15) is 0 Å². The minimum atomic E-state index is -1.06. The number of ether oxygens (including phenoxy) is 1. The molecule has 0 aromatic rings. The maximum atomic E-state index is 10.2. The summed E-state index contributed by atoms with van der Waals surface area (Å²) in [4.78, 5) is 0. The fourth-order valence-corrected chi connectivity index (χ4v) is 5.13. The second-order valence-corrected chi connectivity index (χ2v) is 23.9. The Bertz CT molecular complexity index is 926. The van der Waals surface area contributed by atoms with Gasteiger partial charge in [-0.25, -0.2) is 0 Å². The summed E-state index contributed by atoms with van der Waals surface area (Å²) >= 11 is 0. The number of aliphatic hydroxyl groups is 2. The van der Waals surface area contributed by atoms with Crippen molar-refractivity contribution < 1.29 is 14.9 Å². The number of aliphatic hydroxyl groups excluding tert-OH is 1. The van der Waals surface area contributed by atoms with E-state index in [1.54, 1.807) is 6.92 Å². The van der Waals surface area contributed by atoms with Gasteiger partial charge in [-0.1, -0.05) is 185 Å². The molecule has 0 amide bonds. The highest BCUT2D eigenvalue weighted by atomic mass is 16.6. The SMILES string of the molecule is CC(=CC(C)(C)C)C(C)(C)C.CC(C)(C)C(O)C(C)(O)C(C)(C)C.CC(C)(C)C1OC1(C)C(C)(C)C.CC(CC(C)(C)C)C(C)(C)C. The van der Waals surface area contributed by atoms with Gasteiger partial charge in [-0.3, -0.25) is 0 Å². The van der Waals surface area contributed by atoms with E-state index in [0.717, 1.165) is 5.92 Å². The lowest BCUT2D eigenvalue weighted by Gasteiger charge is -2.45. The fraction of sp³-hybridized carbons (Fsp3) is 0.955. The highest BCUT2D eigenvalue weighted by molar-refractivity contribution is 5.11. The van der Waals surface area contributed by atoms with Gasteiger partial charge in [-0.2, -0.15) is 0 Å². The number of epoxide rings is 1. The van der Waals surface area contributed by atoms with E-state index >= 15 is 0 Å². The van der Waals surface area contributed by atoms with Crippen molar-refractivity contribution in [1.29, 1.82) is 0 Å². The molecule has 1 aliphatic rings. The molecule has 1 heterocycles. The molecule has 47 heavy (non-hydrogen) atoms. The molecule has 0 aromatic carbocycles. The van der Waals surface area contributed by atoms with Crippen molar-refractivity contribution in [2.24, 2.45) is 49.2 Å². The highest BCUT2D eigenvalue weighted by Crippen LogP contribution is 2.56. The van der Waals surface area contributed by atoms with Crippen LogP contribution in [0.2, 0.25) is 0 Å². The Kier molecular flexibility index (Phi) is 17.7. The van der Waals surface area contributed by atoms with E-state index in [9.17, 15) is 10.2 Å². The molecular weight excluding hydrogens is 576 g/mol. The number of hydrogen-bond donors (Lipinski definition) is 2. The van der Waals surface area contributed by atoms with E-state index in [1.807, 2.05) is 41.5 Å². The third-order valence-electron chi connectivity index (χ3n) is 10.2. The van der Waals surface area contributed by atoms with Gasteiger partial charge in [0.05, 0.1) is 23.4 Å². The molecule has 3 nitrogen and oxygen atoms in total. The Morgan fingerprint density at radius 1 is 0.681 bits per heavy atom. The monoisotopic (exact) mass is 669 g/mol. The number of rotatable bonds is 2. The molecule has 0 spiro atoms. The minimum Gasteiger partial charge on any atom is -0.390 e. The van der Waals surface area contributed by atoms with E-state index in [1.165, 1.54) is 12.0 Å². The van der Waals surface area contributed by atoms with Crippen LogP contribution >= 0.6 is 0 Å². The average molecular weight is 669 g/mol. The molecule has 2 N–H and O–H groups in total. The van der Waals surface area contributed by atoms with E-state index in [0.29, 0.717) is 27.8 Å². The van der Waals surface area contributed by atoms with Crippen LogP contribution in [0, 0.1) is 49.2 Å². The second kappa shape index (κ2) is 16.3. The van der Waals surface area contributed by atoms with Crippen LogP contribution in [0.15, 0.2) is 11.6 Å². The Hall–Kier alpha value is -0.380. The molecule has 1 aliphatic heterocycles. The lowest BCUT2D eigenvalue weighted by Crippen LogP contribution is -2.55. The summed E-state index contributed by atoms with van der Waals surface area (Å²) in [5, 5.41) is 20.2. The summed E-state index contributed by atoms with van der Waals surface area (Å²) in [7, 11) is 0. The van der Waals surface area contributed by atoms with Gasteiger partial charge >= 0.3 is 0 Å². The lowest BCUT2D eigenvalue weighted by molar-refractivity contribution is -0.163. The molecule has 3 heteroatoms. The summed E-state index contributed by atoms with van der Waals surface area (Å²) in [6.45, 7) is 60.9. The van der Waals surface area contributed by atoms with Crippen molar-refractivity contribution in [2.45, 2.75) is 224 Å². The average Bonchev–Trinajstić information content (AvgIpc) is 3.43. The first-order chi connectivity index (χ1) is 19.7. The molecule has 0 radical (unpaired) electrons. The van der Waals surface area contributed by atoms with E-state index in [2.05, 4.69) is 151 Å². The molecule has 0 aromatic heterocycles. The smallest absolute Gasteiger partial charge is 0.0973 e. The van der Waals surface area contributed by atoms with Gasteiger partial charge in [-0.15, -0.1) is 0 Å². The number of hydrogen-bond acceptors (Lipinski definition) is 3. The summed E-state index contributed by atoms with van der Waals surface area (Å²) in [6.07, 6.45) is 3.37. The quantitative estimate of drug-likeness (QED) is 0.227. The van der Waals surface area contributed by atoms with Gasteiger partial charge < -0.3 is 14.9 Å². The van der Waals surface area contributed by atoms with Crippen molar-refractivity contribution in [1.82, 2.24) is 0 Å². The van der Waals surface area contributed by atoms with Crippen molar-refractivity contribution in [2.75, 3.05) is 0 Å². The molecule has 0 aliphatic carbocycles. The summed E-state index contributed by atoms with van der Waals surface area (Å²) in [6, 6.07) is 0. The van der Waals surface area contributed by atoms with Crippen LogP contribution in [0.25, 0.3) is 0 Å². The minimum absolute atomic E-state index is 0.0885. The first-order valence-electron chi connectivity index (χ1n) is 18.5. The predicted octanol–water partition coefficient (Wildman–Crippen LogP) is 13.6. The first kappa shape index (κ1) is 51.0. The van der Waals surface area contributed by atoms with Crippen LogP contribution in [0.1, 0.15) is 200 Å². The highest BCUT2D eigenvalue weighted by Gasteiger charge is 2.63. The van der Waals surface area contributed by atoms with Gasteiger partial charge in [0.25, 0.3) is 0 Å². The molecule has 0 saturated carbocycles. The summed E-state index contributed by atoms with van der Waals surface area (Å²) < 4.78 is 5.83. The van der Waals surface area contributed by atoms with E-state index in [-0.39, 0.29) is 27.3 Å². The topological polar surface area (TPSA) is 53.0 Å². The van der Waals surface area contributed by atoms with Crippen LogP contribution in [0.5, 0.6) is 0 Å². The zero-order valence-corrected chi connectivity index (χ0v) is 37.8. The van der Waals surface area contributed by atoms with Crippen LogP contribution in [0.4, 0.5) is 0 Å². The first-order valence-corrected chi connectivity index (χ1v) is 18.5. The van der Waals surface area contributed by atoms with Crippen LogP contribution in [0.3, 0.4) is 0 Å². The molecule has 5 atom stereocenters. The Balaban J connectivity index is -0.000000551. The van der Waals surface area contributed by atoms with Crippen LogP contribution in [-0.4, -0.2) is 33.6 Å². The molecule has 5 unspecified atom stereocenters. The fourth-order valence-electron chi connectivity index (χ4n) is 5.13. The van der Waals surface area contributed by atoms with Crippen molar-refractivity contribution in [3.05, 3.63) is 11.6 Å². The number of allylic oxidation sites excluding steroid dienone is 2. The van der Waals surface area contributed by atoms with Gasteiger partial charge in [-0.05, 0) is 76.4 Å². The third kappa shape index (κ3) is 19.6. The van der Waals surface area contributed by atoms with Crippen molar-refractivity contribution in [3.63, 3.8) is 0 Å².